The molecular weight excluding hydrogens is 234 g/mol. The Labute approximate surface area is 108 Å². The minimum atomic E-state index is 0.188. The summed E-state index contributed by atoms with van der Waals surface area (Å²) >= 11 is 0. The molecule has 1 rings (SSSR count). The van der Waals surface area contributed by atoms with Crippen molar-refractivity contribution in [3.63, 3.8) is 0 Å². The first-order valence-corrected chi connectivity index (χ1v) is 6.29. The highest BCUT2D eigenvalue weighted by atomic mass is 16.5. The molecule has 0 radical (unpaired) electrons. The van der Waals surface area contributed by atoms with Gasteiger partial charge in [-0.15, -0.1) is 0 Å². The maximum absolute atomic E-state index is 11.7. The Morgan fingerprint density at radius 3 is 2.78 bits per heavy atom. The van der Waals surface area contributed by atoms with Crippen LogP contribution in [-0.2, 0) is 9.53 Å². The highest BCUT2D eigenvalue weighted by Crippen LogP contribution is 2.08. The molecule has 0 aromatic heterocycles. The summed E-state index contributed by atoms with van der Waals surface area (Å²) in [6, 6.07) is 0. The van der Waals surface area contributed by atoms with Gasteiger partial charge in [-0.05, 0) is 12.8 Å². The van der Waals surface area contributed by atoms with Gasteiger partial charge in [0.1, 0.15) is 0 Å². The first-order chi connectivity index (χ1) is 8.77. The first kappa shape index (κ1) is 14.7. The Bertz CT molecular complexity index is 277. The van der Waals surface area contributed by atoms with Gasteiger partial charge in [-0.25, -0.2) is 10.8 Å². The number of hydrazine groups is 1. The Balaban J connectivity index is 2.17. The highest BCUT2D eigenvalue weighted by molar-refractivity contribution is 5.81. The van der Waals surface area contributed by atoms with E-state index in [0.717, 1.165) is 25.9 Å². The van der Waals surface area contributed by atoms with E-state index in [-0.39, 0.29) is 5.91 Å². The van der Waals surface area contributed by atoms with Crippen LogP contribution in [0.1, 0.15) is 19.3 Å². The molecule has 0 aromatic carbocycles. The maximum Gasteiger partial charge on any atom is 0.224 e. The van der Waals surface area contributed by atoms with Crippen LogP contribution in [0.15, 0.2) is 4.99 Å². The van der Waals surface area contributed by atoms with Gasteiger partial charge >= 0.3 is 0 Å². The molecule has 4 N–H and O–H groups in total. The van der Waals surface area contributed by atoms with E-state index in [1.165, 1.54) is 0 Å². The summed E-state index contributed by atoms with van der Waals surface area (Å²) in [6.45, 7) is 3.39. The standard InChI is InChI=1S/C11H23N5O2/c1-18-9-6-14-11(15-12)13-5-4-10(17)16-7-2-3-8-16/h2-9,12H2,1H3,(H2,13,14,15). The predicted molar refractivity (Wildman–Crippen MR) is 69.9 cm³/mol. The number of amides is 1. The molecule has 7 nitrogen and oxygen atoms in total. The van der Waals surface area contributed by atoms with Crippen molar-refractivity contribution >= 4 is 11.9 Å². The monoisotopic (exact) mass is 257 g/mol. The average molecular weight is 257 g/mol. The normalized spacial score (nSPS) is 15.9. The largest absolute Gasteiger partial charge is 0.383 e. The van der Waals surface area contributed by atoms with E-state index in [1.54, 1.807) is 7.11 Å². The molecule has 18 heavy (non-hydrogen) atoms. The molecule has 0 atom stereocenters. The van der Waals surface area contributed by atoms with Crippen molar-refractivity contribution in [2.75, 3.05) is 39.9 Å². The fourth-order valence-corrected chi connectivity index (χ4v) is 1.81. The second-order valence-electron chi connectivity index (χ2n) is 4.13. The number of rotatable bonds is 6. The predicted octanol–water partition coefficient (Wildman–Crippen LogP) is -0.946. The number of hydrogen-bond donors (Lipinski definition) is 3. The van der Waals surface area contributed by atoms with Crippen molar-refractivity contribution in [2.24, 2.45) is 10.8 Å². The van der Waals surface area contributed by atoms with Crippen molar-refractivity contribution in [3.8, 4) is 0 Å². The highest BCUT2D eigenvalue weighted by Gasteiger charge is 2.16. The van der Waals surface area contributed by atoms with Gasteiger partial charge in [0.15, 0.2) is 0 Å². The second kappa shape index (κ2) is 8.71. The Hall–Kier alpha value is -1.34. The zero-order valence-electron chi connectivity index (χ0n) is 10.9. The number of carbonyl (C=O) groups excluding carboxylic acids is 1. The van der Waals surface area contributed by atoms with Gasteiger partial charge in [-0.1, -0.05) is 0 Å². The molecule has 0 aromatic rings. The number of aliphatic imine (C=N–C) groups is 1. The summed E-state index contributed by atoms with van der Waals surface area (Å²) in [5.41, 5.74) is 2.46. The molecule has 104 valence electrons. The topological polar surface area (TPSA) is 92.0 Å². The zero-order valence-corrected chi connectivity index (χ0v) is 10.9. The Kier molecular flexibility index (Phi) is 7.12. The van der Waals surface area contributed by atoms with Crippen LogP contribution in [0.2, 0.25) is 0 Å². The average Bonchev–Trinajstić information content (AvgIpc) is 2.91. The van der Waals surface area contributed by atoms with Crippen LogP contribution >= 0.6 is 0 Å². The third-order valence-electron chi connectivity index (χ3n) is 2.79. The van der Waals surface area contributed by atoms with Crippen LogP contribution in [0.25, 0.3) is 0 Å². The molecule has 1 heterocycles. The van der Waals surface area contributed by atoms with Crippen molar-refractivity contribution < 1.29 is 9.53 Å². The SMILES string of the molecule is COCCN=C(NN)NCCC(=O)N1CCCC1. The van der Waals surface area contributed by atoms with Gasteiger partial charge in [0.25, 0.3) is 0 Å². The van der Waals surface area contributed by atoms with Gasteiger partial charge in [0.05, 0.1) is 13.2 Å². The van der Waals surface area contributed by atoms with Crippen LogP contribution in [0.5, 0.6) is 0 Å². The lowest BCUT2D eigenvalue weighted by molar-refractivity contribution is -0.129. The molecule has 0 spiro atoms. The second-order valence-corrected chi connectivity index (χ2v) is 4.13. The van der Waals surface area contributed by atoms with Crippen LogP contribution < -0.4 is 16.6 Å². The maximum atomic E-state index is 11.7. The zero-order chi connectivity index (χ0) is 13.2. The van der Waals surface area contributed by atoms with Gasteiger partial charge < -0.3 is 15.0 Å². The molecule has 0 saturated carbocycles. The van der Waals surface area contributed by atoms with Crippen LogP contribution in [-0.4, -0.2) is 56.7 Å². The quantitative estimate of drug-likeness (QED) is 0.188. The van der Waals surface area contributed by atoms with E-state index in [4.69, 9.17) is 10.6 Å². The Morgan fingerprint density at radius 1 is 1.44 bits per heavy atom. The van der Waals surface area contributed by atoms with Gasteiger partial charge in [-0.3, -0.25) is 10.2 Å². The number of likely N-dealkylation sites (tertiary alicyclic amines) is 1. The molecule has 1 saturated heterocycles. The number of nitrogens with one attached hydrogen (secondary N) is 2. The lowest BCUT2D eigenvalue weighted by Gasteiger charge is -2.15. The molecule has 0 aliphatic carbocycles. The molecule has 0 bridgehead atoms. The van der Waals surface area contributed by atoms with Crippen molar-refractivity contribution in [3.05, 3.63) is 0 Å². The van der Waals surface area contributed by atoms with Gasteiger partial charge in [0, 0.05) is 33.2 Å². The smallest absolute Gasteiger partial charge is 0.224 e. The van der Waals surface area contributed by atoms with Crippen molar-refractivity contribution in [1.29, 1.82) is 0 Å². The summed E-state index contributed by atoms with van der Waals surface area (Å²) in [7, 11) is 1.62. The minimum absolute atomic E-state index is 0.188. The van der Waals surface area contributed by atoms with E-state index in [1.807, 2.05) is 4.90 Å². The summed E-state index contributed by atoms with van der Waals surface area (Å²) in [5.74, 6) is 5.99. The van der Waals surface area contributed by atoms with E-state index >= 15 is 0 Å². The number of nitrogens with two attached hydrogens (primary N) is 1. The third kappa shape index (κ3) is 5.33. The van der Waals surface area contributed by atoms with E-state index in [9.17, 15) is 4.79 Å². The molecular formula is C11H23N5O2. The van der Waals surface area contributed by atoms with E-state index in [2.05, 4.69) is 15.7 Å². The molecule has 1 fully saturated rings. The number of nitrogens with zero attached hydrogens (tertiary/aromatic N) is 2. The summed E-state index contributed by atoms with van der Waals surface area (Å²) in [4.78, 5) is 17.8. The van der Waals surface area contributed by atoms with E-state index in [0.29, 0.717) is 32.1 Å². The Morgan fingerprint density at radius 2 is 2.17 bits per heavy atom. The van der Waals surface area contributed by atoms with Crippen LogP contribution in [0, 0.1) is 0 Å². The first-order valence-electron chi connectivity index (χ1n) is 6.29. The van der Waals surface area contributed by atoms with Crippen LogP contribution in [0.4, 0.5) is 0 Å². The minimum Gasteiger partial charge on any atom is -0.383 e. The summed E-state index contributed by atoms with van der Waals surface area (Å²) < 4.78 is 4.88. The fraction of sp³-hybridized carbons (Fsp3) is 0.818. The number of carbonyl (C=O) groups is 1. The lowest BCUT2D eigenvalue weighted by atomic mass is 10.3. The lowest BCUT2D eigenvalue weighted by Crippen LogP contribution is -2.43. The molecule has 1 aliphatic heterocycles. The van der Waals surface area contributed by atoms with Crippen molar-refractivity contribution in [1.82, 2.24) is 15.6 Å². The summed E-state index contributed by atoms with van der Waals surface area (Å²) in [5, 5.41) is 2.99. The van der Waals surface area contributed by atoms with Crippen molar-refractivity contribution in [2.45, 2.75) is 19.3 Å². The fourth-order valence-electron chi connectivity index (χ4n) is 1.81. The van der Waals surface area contributed by atoms with E-state index < -0.39 is 0 Å². The molecule has 7 heteroatoms. The number of guanidine groups is 1. The molecule has 1 amide bonds. The number of methoxy groups -OCH3 is 1. The molecule has 0 unspecified atom stereocenters. The van der Waals surface area contributed by atoms with Gasteiger partial charge in [0.2, 0.25) is 11.9 Å². The third-order valence-corrected chi connectivity index (χ3v) is 2.79. The number of hydrogen-bond acceptors (Lipinski definition) is 4. The van der Waals surface area contributed by atoms with Gasteiger partial charge in [-0.2, -0.15) is 0 Å². The van der Waals surface area contributed by atoms with Crippen LogP contribution in [0.3, 0.4) is 0 Å². The number of ether oxygens (including phenoxy) is 1. The summed E-state index contributed by atoms with van der Waals surface area (Å²) in [6.07, 6.45) is 2.70. The molecule has 1 aliphatic rings.